The number of nitrogens with zero attached hydrogens (tertiary/aromatic N) is 1. The SMILES string of the molecule is CCOC(=O)c1c(N)nsc1NCCOC1CCCC1. The molecule has 1 fully saturated rings. The molecule has 0 atom stereocenters. The van der Waals surface area contributed by atoms with Crippen molar-refractivity contribution < 1.29 is 14.3 Å². The first-order valence-electron chi connectivity index (χ1n) is 7.00. The average molecular weight is 299 g/mol. The van der Waals surface area contributed by atoms with Gasteiger partial charge in [-0.3, -0.25) is 0 Å². The van der Waals surface area contributed by atoms with Crippen LogP contribution < -0.4 is 11.1 Å². The van der Waals surface area contributed by atoms with Gasteiger partial charge in [0.25, 0.3) is 0 Å². The first-order valence-corrected chi connectivity index (χ1v) is 7.77. The number of rotatable bonds is 7. The number of carbonyl (C=O) groups excluding carboxylic acids is 1. The highest BCUT2D eigenvalue weighted by molar-refractivity contribution is 7.11. The Hall–Kier alpha value is -1.34. The van der Waals surface area contributed by atoms with Gasteiger partial charge in [-0.15, -0.1) is 0 Å². The van der Waals surface area contributed by atoms with Gasteiger partial charge in [0.1, 0.15) is 10.6 Å². The molecule has 7 heteroatoms. The second-order valence-corrected chi connectivity index (χ2v) is 5.47. The fourth-order valence-corrected chi connectivity index (χ4v) is 3.00. The molecule has 0 bridgehead atoms. The third kappa shape index (κ3) is 3.83. The molecule has 0 aromatic carbocycles. The molecular formula is C13H21N3O3S. The predicted octanol–water partition coefficient (Wildman–Crippen LogP) is 2.27. The van der Waals surface area contributed by atoms with E-state index in [2.05, 4.69) is 9.69 Å². The predicted molar refractivity (Wildman–Crippen MR) is 79.2 cm³/mol. The van der Waals surface area contributed by atoms with Crippen LogP contribution in [0.15, 0.2) is 0 Å². The van der Waals surface area contributed by atoms with Gasteiger partial charge in [0.05, 0.1) is 19.3 Å². The van der Waals surface area contributed by atoms with E-state index in [0.29, 0.717) is 36.4 Å². The number of carbonyl (C=O) groups is 1. The number of ether oxygens (including phenoxy) is 2. The van der Waals surface area contributed by atoms with E-state index in [-0.39, 0.29) is 5.82 Å². The van der Waals surface area contributed by atoms with Gasteiger partial charge in [-0.1, -0.05) is 12.8 Å². The fraction of sp³-hybridized carbons (Fsp3) is 0.692. The van der Waals surface area contributed by atoms with Crippen molar-refractivity contribution in [3.05, 3.63) is 5.56 Å². The molecule has 2 rings (SSSR count). The molecule has 6 nitrogen and oxygen atoms in total. The van der Waals surface area contributed by atoms with E-state index in [0.717, 1.165) is 12.8 Å². The summed E-state index contributed by atoms with van der Waals surface area (Å²) in [6.45, 7) is 3.32. The zero-order chi connectivity index (χ0) is 14.4. The Kier molecular flexibility index (Phi) is 5.60. The van der Waals surface area contributed by atoms with Crippen LogP contribution in [0.5, 0.6) is 0 Å². The van der Waals surface area contributed by atoms with Crippen molar-refractivity contribution in [2.45, 2.75) is 38.7 Å². The molecule has 1 aromatic rings. The average Bonchev–Trinajstić information content (AvgIpc) is 3.05. The summed E-state index contributed by atoms with van der Waals surface area (Å²) in [4.78, 5) is 11.8. The van der Waals surface area contributed by atoms with Crippen LogP contribution in [0.1, 0.15) is 43.0 Å². The van der Waals surface area contributed by atoms with Crippen molar-refractivity contribution in [1.82, 2.24) is 4.37 Å². The maximum Gasteiger partial charge on any atom is 0.344 e. The molecule has 1 saturated carbocycles. The largest absolute Gasteiger partial charge is 0.462 e. The molecule has 1 aliphatic rings. The summed E-state index contributed by atoms with van der Waals surface area (Å²) >= 11 is 1.17. The smallest absolute Gasteiger partial charge is 0.344 e. The zero-order valence-corrected chi connectivity index (χ0v) is 12.5. The number of hydrogen-bond acceptors (Lipinski definition) is 7. The maximum absolute atomic E-state index is 11.8. The molecule has 20 heavy (non-hydrogen) atoms. The highest BCUT2D eigenvalue weighted by atomic mass is 32.1. The molecule has 3 N–H and O–H groups in total. The fourth-order valence-electron chi connectivity index (χ4n) is 2.27. The van der Waals surface area contributed by atoms with Crippen LogP contribution in [0, 0.1) is 0 Å². The second kappa shape index (κ2) is 7.44. The highest BCUT2D eigenvalue weighted by Gasteiger charge is 2.20. The van der Waals surface area contributed by atoms with E-state index >= 15 is 0 Å². The summed E-state index contributed by atoms with van der Waals surface area (Å²) in [5, 5.41) is 3.80. The Morgan fingerprint density at radius 3 is 2.95 bits per heavy atom. The van der Waals surface area contributed by atoms with Gasteiger partial charge in [-0.2, -0.15) is 4.37 Å². The van der Waals surface area contributed by atoms with Gasteiger partial charge >= 0.3 is 5.97 Å². The Labute approximate surface area is 122 Å². The summed E-state index contributed by atoms with van der Waals surface area (Å²) in [7, 11) is 0. The van der Waals surface area contributed by atoms with E-state index in [1.54, 1.807) is 6.92 Å². The number of nitrogens with two attached hydrogens (primary N) is 1. The lowest BCUT2D eigenvalue weighted by Gasteiger charge is -2.11. The van der Waals surface area contributed by atoms with Gasteiger partial charge in [0.2, 0.25) is 0 Å². The van der Waals surface area contributed by atoms with Crippen LogP contribution in [0.4, 0.5) is 10.8 Å². The summed E-state index contributed by atoms with van der Waals surface area (Å²) in [5.41, 5.74) is 6.03. The van der Waals surface area contributed by atoms with Crippen molar-refractivity contribution in [1.29, 1.82) is 0 Å². The number of anilines is 2. The summed E-state index contributed by atoms with van der Waals surface area (Å²) in [6.07, 6.45) is 5.23. The Balaban J connectivity index is 1.81. The normalized spacial score (nSPS) is 15.4. The van der Waals surface area contributed by atoms with Crippen LogP contribution >= 0.6 is 11.5 Å². The molecular weight excluding hydrogens is 278 g/mol. The van der Waals surface area contributed by atoms with E-state index < -0.39 is 5.97 Å². The highest BCUT2D eigenvalue weighted by Crippen LogP contribution is 2.27. The molecule has 0 spiro atoms. The van der Waals surface area contributed by atoms with Crippen molar-refractivity contribution in [2.75, 3.05) is 30.8 Å². The molecule has 0 aliphatic heterocycles. The molecule has 1 aromatic heterocycles. The Morgan fingerprint density at radius 1 is 1.50 bits per heavy atom. The quantitative estimate of drug-likeness (QED) is 0.593. The number of hydrogen-bond donors (Lipinski definition) is 2. The Bertz CT molecular complexity index is 444. The summed E-state index contributed by atoms with van der Waals surface area (Å²) < 4.78 is 14.7. The minimum atomic E-state index is -0.432. The van der Waals surface area contributed by atoms with Crippen molar-refractivity contribution in [3.63, 3.8) is 0 Å². The second-order valence-electron chi connectivity index (χ2n) is 4.70. The number of aromatic nitrogens is 1. The summed E-state index contributed by atoms with van der Waals surface area (Å²) in [5.74, 6) is -0.217. The Morgan fingerprint density at radius 2 is 2.25 bits per heavy atom. The molecule has 0 saturated heterocycles. The van der Waals surface area contributed by atoms with Crippen LogP contribution in [0.3, 0.4) is 0 Å². The molecule has 112 valence electrons. The lowest BCUT2D eigenvalue weighted by Crippen LogP contribution is -2.16. The van der Waals surface area contributed by atoms with Crippen molar-refractivity contribution >= 4 is 28.3 Å². The van der Waals surface area contributed by atoms with Crippen LogP contribution in [-0.4, -0.2) is 36.2 Å². The van der Waals surface area contributed by atoms with Crippen LogP contribution in [-0.2, 0) is 9.47 Å². The molecule has 0 unspecified atom stereocenters. The summed E-state index contributed by atoms with van der Waals surface area (Å²) in [6, 6.07) is 0. The standard InChI is InChI=1S/C13H21N3O3S/c1-2-18-13(17)10-11(14)16-20-12(10)15-7-8-19-9-5-3-4-6-9/h9,15H,2-8H2,1H3,(H2,14,16). The van der Waals surface area contributed by atoms with Gasteiger partial charge in [0, 0.05) is 6.54 Å². The van der Waals surface area contributed by atoms with E-state index in [1.165, 1.54) is 24.4 Å². The lowest BCUT2D eigenvalue weighted by molar-refractivity contribution is 0.0528. The van der Waals surface area contributed by atoms with E-state index in [9.17, 15) is 4.79 Å². The molecule has 1 heterocycles. The van der Waals surface area contributed by atoms with E-state index in [4.69, 9.17) is 15.2 Å². The van der Waals surface area contributed by atoms with Gasteiger partial charge in [-0.05, 0) is 31.3 Å². The number of esters is 1. The first kappa shape index (κ1) is 15.1. The molecule has 0 radical (unpaired) electrons. The monoisotopic (exact) mass is 299 g/mol. The first-order chi connectivity index (χ1) is 9.72. The zero-order valence-electron chi connectivity index (χ0n) is 11.7. The van der Waals surface area contributed by atoms with E-state index in [1.807, 2.05) is 0 Å². The molecule has 0 amide bonds. The topological polar surface area (TPSA) is 86.5 Å². The van der Waals surface area contributed by atoms with Gasteiger partial charge in [-0.25, -0.2) is 4.79 Å². The van der Waals surface area contributed by atoms with Gasteiger partial charge < -0.3 is 20.5 Å². The minimum Gasteiger partial charge on any atom is -0.462 e. The van der Waals surface area contributed by atoms with Crippen molar-refractivity contribution in [3.8, 4) is 0 Å². The van der Waals surface area contributed by atoms with Crippen LogP contribution in [0.2, 0.25) is 0 Å². The maximum atomic E-state index is 11.8. The van der Waals surface area contributed by atoms with Crippen LogP contribution in [0.25, 0.3) is 0 Å². The third-order valence-electron chi connectivity index (χ3n) is 3.24. The molecule has 1 aliphatic carbocycles. The number of nitrogen functional groups attached to an aromatic ring is 1. The van der Waals surface area contributed by atoms with Crippen molar-refractivity contribution in [2.24, 2.45) is 0 Å². The number of nitrogens with one attached hydrogen (secondary N) is 1. The lowest BCUT2D eigenvalue weighted by atomic mass is 10.3. The third-order valence-corrected chi connectivity index (χ3v) is 4.06. The minimum absolute atomic E-state index is 0.215. The van der Waals surface area contributed by atoms with Gasteiger partial charge in [0.15, 0.2) is 5.82 Å².